The molecule has 0 spiro atoms. The van der Waals surface area contributed by atoms with Crippen LogP contribution in [0.2, 0.25) is 0 Å². The van der Waals surface area contributed by atoms with E-state index in [1.807, 2.05) is 30.0 Å². The Kier molecular flexibility index (Phi) is 8.48. The van der Waals surface area contributed by atoms with Crippen molar-refractivity contribution in [2.45, 2.75) is 32.6 Å². The number of nitrogens with zero attached hydrogens (tertiary/aromatic N) is 2. The Hall–Kier alpha value is -3.09. The van der Waals surface area contributed by atoms with E-state index in [2.05, 4.69) is 0 Å². The Labute approximate surface area is 188 Å². The molecule has 2 aromatic rings. The molecule has 1 heterocycles. The zero-order chi connectivity index (χ0) is 22.9. The number of methoxy groups -OCH3 is 1. The lowest BCUT2D eigenvalue weighted by Crippen LogP contribution is -2.38. The molecular weight excluding hydrogens is 411 g/mol. The highest BCUT2D eigenvalue weighted by Crippen LogP contribution is 2.28. The van der Waals surface area contributed by atoms with Crippen molar-refractivity contribution in [3.05, 3.63) is 59.4 Å². The van der Waals surface area contributed by atoms with Crippen LogP contribution >= 0.6 is 0 Å². The van der Waals surface area contributed by atoms with Gasteiger partial charge in [0.1, 0.15) is 5.82 Å². The molecule has 1 aliphatic rings. The summed E-state index contributed by atoms with van der Waals surface area (Å²) < 4.78 is 24.0. The van der Waals surface area contributed by atoms with Crippen molar-refractivity contribution >= 4 is 11.8 Å². The topological polar surface area (TPSA) is 59.1 Å². The molecule has 0 radical (unpaired) electrons. The molecule has 172 valence electrons. The Morgan fingerprint density at radius 3 is 2.22 bits per heavy atom. The number of hydrogen-bond acceptors (Lipinski definition) is 4. The van der Waals surface area contributed by atoms with Gasteiger partial charge in [-0.15, -0.1) is 0 Å². The summed E-state index contributed by atoms with van der Waals surface area (Å²) in [6.45, 7) is 4.80. The molecule has 32 heavy (non-hydrogen) atoms. The second kappa shape index (κ2) is 11.5. The maximum absolute atomic E-state index is 13.1. The minimum absolute atomic E-state index is 0.00684. The average Bonchev–Trinajstić information content (AvgIpc) is 3.06. The summed E-state index contributed by atoms with van der Waals surface area (Å²) in [6, 6.07) is 11.7. The maximum atomic E-state index is 13.1. The van der Waals surface area contributed by atoms with E-state index in [0.29, 0.717) is 57.1 Å². The SMILES string of the molecule is CCOc1ccc(CCC(=O)N2CCCN(C(=O)Cc3ccc(F)cc3)CC2)cc1OC. The first-order chi connectivity index (χ1) is 15.5. The third kappa shape index (κ3) is 6.45. The third-order valence-electron chi connectivity index (χ3n) is 5.63. The first-order valence-electron chi connectivity index (χ1n) is 11.1. The molecule has 2 aromatic carbocycles. The summed E-state index contributed by atoms with van der Waals surface area (Å²) in [4.78, 5) is 29.1. The van der Waals surface area contributed by atoms with Gasteiger partial charge < -0.3 is 19.3 Å². The van der Waals surface area contributed by atoms with Gasteiger partial charge in [0.2, 0.25) is 11.8 Å². The lowest BCUT2D eigenvalue weighted by atomic mass is 10.1. The fourth-order valence-electron chi connectivity index (χ4n) is 3.86. The van der Waals surface area contributed by atoms with Gasteiger partial charge in [0, 0.05) is 32.6 Å². The van der Waals surface area contributed by atoms with E-state index in [-0.39, 0.29) is 24.1 Å². The number of rotatable bonds is 8. The Morgan fingerprint density at radius 2 is 1.56 bits per heavy atom. The molecule has 3 rings (SSSR count). The van der Waals surface area contributed by atoms with E-state index in [0.717, 1.165) is 17.5 Å². The van der Waals surface area contributed by atoms with Crippen LogP contribution in [-0.2, 0) is 22.4 Å². The van der Waals surface area contributed by atoms with Gasteiger partial charge in [0.25, 0.3) is 0 Å². The molecule has 0 atom stereocenters. The number of benzene rings is 2. The predicted molar refractivity (Wildman–Crippen MR) is 120 cm³/mol. The summed E-state index contributed by atoms with van der Waals surface area (Å²) in [7, 11) is 1.60. The summed E-state index contributed by atoms with van der Waals surface area (Å²) in [5, 5.41) is 0. The van der Waals surface area contributed by atoms with Gasteiger partial charge in [-0.25, -0.2) is 4.39 Å². The monoisotopic (exact) mass is 442 g/mol. The Balaban J connectivity index is 1.50. The van der Waals surface area contributed by atoms with Gasteiger partial charge >= 0.3 is 0 Å². The van der Waals surface area contributed by atoms with Crippen molar-refractivity contribution in [3.8, 4) is 11.5 Å². The largest absolute Gasteiger partial charge is 0.493 e. The number of aryl methyl sites for hydroxylation is 1. The molecule has 6 nitrogen and oxygen atoms in total. The lowest BCUT2D eigenvalue weighted by molar-refractivity contribution is -0.133. The summed E-state index contributed by atoms with van der Waals surface area (Å²) >= 11 is 0. The summed E-state index contributed by atoms with van der Waals surface area (Å²) in [6.07, 6.45) is 2.01. The van der Waals surface area contributed by atoms with E-state index in [4.69, 9.17) is 9.47 Å². The number of ether oxygens (including phenoxy) is 2. The smallest absolute Gasteiger partial charge is 0.227 e. The highest BCUT2D eigenvalue weighted by molar-refractivity contribution is 5.79. The first-order valence-corrected chi connectivity index (χ1v) is 11.1. The predicted octanol–water partition coefficient (Wildman–Crippen LogP) is 3.47. The van der Waals surface area contributed by atoms with Crippen molar-refractivity contribution in [2.24, 2.45) is 0 Å². The quantitative estimate of drug-likeness (QED) is 0.628. The lowest BCUT2D eigenvalue weighted by Gasteiger charge is -2.22. The van der Waals surface area contributed by atoms with Crippen LogP contribution in [0, 0.1) is 5.82 Å². The second-order valence-corrected chi connectivity index (χ2v) is 7.84. The first kappa shape index (κ1) is 23.6. The Bertz CT molecular complexity index is 917. The van der Waals surface area contributed by atoms with Crippen LogP contribution in [0.1, 0.15) is 30.9 Å². The standard InChI is InChI=1S/C25H31FN2O4/c1-3-32-22-11-7-19(17-23(22)31-2)8-12-24(29)27-13-4-14-28(16-15-27)25(30)18-20-5-9-21(26)10-6-20/h5-7,9-11,17H,3-4,8,12-16,18H2,1-2H3. The van der Waals surface area contributed by atoms with Crippen LogP contribution < -0.4 is 9.47 Å². The molecular formula is C25H31FN2O4. The summed E-state index contributed by atoms with van der Waals surface area (Å²) in [5.74, 6) is 1.15. The number of carbonyl (C=O) groups excluding carboxylic acids is 2. The van der Waals surface area contributed by atoms with Gasteiger partial charge in [-0.3, -0.25) is 9.59 Å². The van der Waals surface area contributed by atoms with E-state index in [1.54, 1.807) is 24.1 Å². The number of amides is 2. The number of carbonyl (C=O) groups is 2. The van der Waals surface area contributed by atoms with Gasteiger partial charge in [-0.2, -0.15) is 0 Å². The van der Waals surface area contributed by atoms with Crippen molar-refractivity contribution in [1.29, 1.82) is 0 Å². The summed E-state index contributed by atoms with van der Waals surface area (Å²) in [5.41, 5.74) is 1.81. The molecule has 0 unspecified atom stereocenters. The maximum Gasteiger partial charge on any atom is 0.227 e. The molecule has 1 saturated heterocycles. The highest BCUT2D eigenvalue weighted by atomic mass is 19.1. The van der Waals surface area contributed by atoms with Gasteiger partial charge in [0.15, 0.2) is 11.5 Å². The van der Waals surface area contributed by atoms with Gasteiger partial charge in [-0.05, 0) is 55.2 Å². The average molecular weight is 443 g/mol. The van der Waals surface area contributed by atoms with Crippen LogP contribution in [-0.4, -0.2) is 61.5 Å². The zero-order valence-corrected chi connectivity index (χ0v) is 18.8. The molecule has 1 fully saturated rings. The normalized spacial score (nSPS) is 14.1. The van der Waals surface area contributed by atoms with Gasteiger partial charge in [-0.1, -0.05) is 18.2 Å². The molecule has 0 aromatic heterocycles. The molecule has 0 saturated carbocycles. The van der Waals surface area contributed by atoms with Crippen molar-refractivity contribution in [1.82, 2.24) is 9.80 Å². The number of hydrogen-bond donors (Lipinski definition) is 0. The fourth-order valence-corrected chi connectivity index (χ4v) is 3.86. The second-order valence-electron chi connectivity index (χ2n) is 7.84. The van der Waals surface area contributed by atoms with Crippen LogP contribution in [0.25, 0.3) is 0 Å². The van der Waals surface area contributed by atoms with Crippen LogP contribution in [0.4, 0.5) is 4.39 Å². The molecule has 0 N–H and O–H groups in total. The van der Waals surface area contributed by atoms with E-state index < -0.39 is 0 Å². The number of halogens is 1. The van der Waals surface area contributed by atoms with Crippen LogP contribution in [0.15, 0.2) is 42.5 Å². The van der Waals surface area contributed by atoms with Crippen molar-refractivity contribution in [2.75, 3.05) is 39.9 Å². The molecule has 7 heteroatoms. The molecule has 0 aliphatic carbocycles. The van der Waals surface area contributed by atoms with Gasteiger partial charge in [0.05, 0.1) is 20.1 Å². The molecule has 2 amide bonds. The molecule has 1 aliphatic heterocycles. The van der Waals surface area contributed by atoms with E-state index in [9.17, 15) is 14.0 Å². The third-order valence-corrected chi connectivity index (χ3v) is 5.63. The fraction of sp³-hybridized carbons (Fsp3) is 0.440. The van der Waals surface area contributed by atoms with Crippen LogP contribution in [0.3, 0.4) is 0 Å². The minimum atomic E-state index is -0.311. The Morgan fingerprint density at radius 1 is 0.906 bits per heavy atom. The molecule has 0 bridgehead atoms. The van der Waals surface area contributed by atoms with E-state index in [1.165, 1.54) is 12.1 Å². The zero-order valence-electron chi connectivity index (χ0n) is 18.8. The highest BCUT2D eigenvalue weighted by Gasteiger charge is 2.22. The van der Waals surface area contributed by atoms with Crippen molar-refractivity contribution < 1.29 is 23.5 Å². The van der Waals surface area contributed by atoms with Crippen molar-refractivity contribution in [3.63, 3.8) is 0 Å². The van der Waals surface area contributed by atoms with Crippen LogP contribution in [0.5, 0.6) is 11.5 Å². The van der Waals surface area contributed by atoms with E-state index >= 15 is 0 Å². The minimum Gasteiger partial charge on any atom is -0.493 e.